The molecule has 1 saturated heterocycles. The zero-order chi connectivity index (χ0) is 16.3. The fraction of sp³-hybridized carbons (Fsp3) is 0.632. The molecule has 2 rings (SSSR count). The van der Waals surface area contributed by atoms with Gasteiger partial charge in [0.2, 0.25) is 0 Å². The topological polar surface area (TPSA) is 29.5 Å². The van der Waals surface area contributed by atoms with Crippen LogP contribution in [0.2, 0.25) is 0 Å². The highest BCUT2D eigenvalue weighted by molar-refractivity contribution is 6.00. The van der Waals surface area contributed by atoms with Crippen LogP contribution in [0.3, 0.4) is 0 Å². The first-order chi connectivity index (χ1) is 10.4. The van der Waals surface area contributed by atoms with Crippen molar-refractivity contribution in [3.8, 4) is 5.75 Å². The lowest BCUT2D eigenvalue weighted by atomic mass is 9.91. The average molecular weight is 303 g/mol. The van der Waals surface area contributed by atoms with E-state index in [1.807, 2.05) is 26.8 Å². The molecule has 0 amide bonds. The van der Waals surface area contributed by atoms with Gasteiger partial charge in [-0.2, -0.15) is 0 Å². The van der Waals surface area contributed by atoms with Crippen LogP contribution in [0.25, 0.3) is 0 Å². The Hall–Kier alpha value is -1.35. The number of rotatable bonds is 5. The Morgan fingerprint density at radius 1 is 1.23 bits per heavy atom. The molecule has 0 aliphatic carbocycles. The molecule has 2 atom stereocenters. The molecule has 1 aliphatic rings. The van der Waals surface area contributed by atoms with E-state index >= 15 is 0 Å². The Bertz CT molecular complexity index is 528. The lowest BCUT2D eigenvalue weighted by Crippen LogP contribution is -2.41. The molecule has 0 spiro atoms. The number of carbonyl (C=O) groups is 1. The summed E-state index contributed by atoms with van der Waals surface area (Å²) < 4.78 is 5.74. The molecule has 0 saturated carbocycles. The van der Waals surface area contributed by atoms with Gasteiger partial charge in [-0.3, -0.25) is 9.69 Å². The van der Waals surface area contributed by atoms with E-state index < -0.39 is 0 Å². The second-order valence-electron chi connectivity index (χ2n) is 6.95. The highest BCUT2D eigenvalue weighted by Gasteiger charge is 2.25. The number of likely N-dealkylation sites (tertiary alicyclic amines) is 1. The number of piperidine rings is 1. The first-order valence-corrected chi connectivity index (χ1v) is 8.40. The predicted octanol–water partition coefficient (Wildman–Crippen LogP) is 3.86. The van der Waals surface area contributed by atoms with Gasteiger partial charge < -0.3 is 4.74 Å². The van der Waals surface area contributed by atoms with Crippen molar-refractivity contribution >= 4 is 5.78 Å². The van der Waals surface area contributed by atoms with Crippen molar-refractivity contribution in [2.75, 3.05) is 26.2 Å². The smallest absolute Gasteiger partial charge is 0.180 e. The summed E-state index contributed by atoms with van der Waals surface area (Å²) in [6.45, 7) is 13.7. The maximum absolute atomic E-state index is 12.8. The molecule has 1 aliphatic heterocycles. The fourth-order valence-electron chi connectivity index (χ4n) is 3.71. The Balaban J connectivity index is 2.18. The van der Waals surface area contributed by atoms with Gasteiger partial charge in [0.25, 0.3) is 0 Å². The zero-order valence-electron chi connectivity index (χ0n) is 14.6. The van der Waals surface area contributed by atoms with Gasteiger partial charge in [-0.05, 0) is 56.2 Å². The SMILES string of the molecule is CCOc1c(C)cc(C)cc1C(=O)CN1CC(C)CC(C)C1. The molecule has 0 bridgehead atoms. The highest BCUT2D eigenvalue weighted by Crippen LogP contribution is 2.27. The van der Waals surface area contributed by atoms with Crippen LogP contribution in [0.15, 0.2) is 12.1 Å². The molecule has 0 radical (unpaired) electrons. The van der Waals surface area contributed by atoms with E-state index in [1.54, 1.807) is 0 Å². The lowest BCUT2D eigenvalue weighted by molar-refractivity contribution is 0.0846. The molecule has 1 fully saturated rings. The number of benzene rings is 1. The molecule has 122 valence electrons. The van der Waals surface area contributed by atoms with Gasteiger partial charge in [0.1, 0.15) is 5.75 Å². The van der Waals surface area contributed by atoms with Gasteiger partial charge in [0.15, 0.2) is 5.78 Å². The van der Waals surface area contributed by atoms with E-state index in [1.165, 1.54) is 6.42 Å². The monoisotopic (exact) mass is 303 g/mol. The number of ether oxygens (including phenoxy) is 1. The number of aryl methyl sites for hydroxylation is 2. The summed E-state index contributed by atoms with van der Waals surface area (Å²) >= 11 is 0. The predicted molar refractivity (Wildman–Crippen MR) is 90.8 cm³/mol. The largest absolute Gasteiger partial charge is 0.493 e. The molecule has 0 aromatic heterocycles. The van der Waals surface area contributed by atoms with Gasteiger partial charge in [-0.1, -0.05) is 19.9 Å². The lowest BCUT2D eigenvalue weighted by Gasteiger charge is -2.34. The van der Waals surface area contributed by atoms with Crippen molar-refractivity contribution in [1.29, 1.82) is 0 Å². The van der Waals surface area contributed by atoms with Crippen molar-refractivity contribution in [3.63, 3.8) is 0 Å². The fourth-order valence-corrected chi connectivity index (χ4v) is 3.71. The van der Waals surface area contributed by atoms with E-state index in [0.29, 0.717) is 25.0 Å². The number of carbonyl (C=O) groups excluding carboxylic acids is 1. The molecule has 22 heavy (non-hydrogen) atoms. The summed E-state index contributed by atoms with van der Waals surface area (Å²) in [6.07, 6.45) is 1.26. The molecule has 3 heteroatoms. The average Bonchev–Trinajstić information content (AvgIpc) is 2.40. The van der Waals surface area contributed by atoms with E-state index in [2.05, 4.69) is 24.8 Å². The number of Topliss-reactive ketones (excluding diaryl/α,β-unsaturated/α-hetero) is 1. The van der Waals surface area contributed by atoms with Crippen molar-refractivity contribution in [2.45, 2.75) is 41.0 Å². The van der Waals surface area contributed by atoms with Crippen molar-refractivity contribution in [2.24, 2.45) is 11.8 Å². The summed E-state index contributed by atoms with van der Waals surface area (Å²) in [6, 6.07) is 4.05. The Morgan fingerprint density at radius 3 is 2.45 bits per heavy atom. The van der Waals surface area contributed by atoms with Gasteiger partial charge in [-0.25, -0.2) is 0 Å². The first kappa shape index (κ1) is 17.0. The molecular weight excluding hydrogens is 274 g/mol. The van der Waals surface area contributed by atoms with Gasteiger partial charge in [-0.15, -0.1) is 0 Å². The number of hydrogen-bond acceptors (Lipinski definition) is 3. The van der Waals surface area contributed by atoms with Crippen molar-refractivity contribution in [1.82, 2.24) is 4.90 Å². The minimum atomic E-state index is 0.177. The van der Waals surface area contributed by atoms with Crippen LogP contribution >= 0.6 is 0 Å². The van der Waals surface area contributed by atoms with Crippen LogP contribution in [0.4, 0.5) is 0 Å². The molecule has 0 N–H and O–H groups in total. The highest BCUT2D eigenvalue weighted by atomic mass is 16.5. The number of hydrogen-bond donors (Lipinski definition) is 0. The molecule has 1 aromatic carbocycles. The van der Waals surface area contributed by atoms with Crippen molar-refractivity contribution in [3.05, 3.63) is 28.8 Å². The third-order valence-electron chi connectivity index (χ3n) is 4.32. The van der Waals surface area contributed by atoms with E-state index in [4.69, 9.17) is 4.74 Å². The van der Waals surface area contributed by atoms with Crippen LogP contribution in [0, 0.1) is 25.7 Å². The van der Waals surface area contributed by atoms with Gasteiger partial charge >= 0.3 is 0 Å². The Morgan fingerprint density at radius 2 is 1.86 bits per heavy atom. The van der Waals surface area contributed by atoms with E-state index in [0.717, 1.165) is 35.5 Å². The van der Waals surface area contributed by atoms with Gasteiger partial charge in [0, 0.05) is 13.1 Å². The first-order valence-electron chi connectivity index (χ1n) is 8.40. The van der Waals surface area contributed by atoms with Crippen molar-refractivity contribution < 1.29 is 9.53 Å². The molecule has 1 heterocycles. The standard InChI is InChI=1S/C19H29NO2/c1-6-22-19-16(5)8-13(2)9-17(19)18(21)12-20-10-14(3)7-15(4)11-20/h8-9,14-15H,6-7,10-12H2,1-5H3. The summed E-state index contributed by atoms with van der Waals surface area (Å²) in [5, 5.41) is 0. The number of ketones is 1. The maximum atomic E-state index is 12.8. The summed E-state index contributed by atoms with van der Waals surface area (Å²) in [5.41, 5.74) is 2.90. The summed E-state index contributed by atoms with van der Waals surface area (Å²) in [4.78, 5) is 15.1. The third-order valence-corrected chi connectivity index (χ3v) is 4.32. The van der Waals surface area contributed by atoms with E-state index in [-0.39, 0.29) is 5.78 Å². The minimum absolute atomic E-state index is 0.177. The van der Waals surface area contributed by atoms with Crippen LogP contribution in [0.1, 0.15) is 48.7 Å². The van der Waals surface area contributed by atoms with Crippen LogP contribution < -0.4 is 4.74 Å². The molecule has 3 nitrogen and oxygen atoms in total. The second kappa shape index (κ2) is 7.28. The minimum Gasteiger partial charge on any atom is -0.493 e. The quantitative estimate of drug-likeness (QED) is 0.774. The van der Waals surface area contributed by atoms with Crippen LogP contribution in [-0.4, -0.2) is 36.9 Å². The third kappa shape index (κ3) is 4.10. The summed E-state index contributed by atoms with van der Waals surface area (Å²) in [7, 11) is 0. The molecule has 1 aromatic rings. The molecule has 2 unspecified atom stereocenters. The zero-order valence-corrected chi connectivity index (χ0v) is 14.6. The summed E-state index contributed by atoms with van der Waals surface area (Å²) in [5.74, 6) is 2.28. The maximum Gasteiger partial charge on any atom is 0.180 e. The van der Waals surface area contributed by atoms with Crippen LogP contribution in [-0.2, 0) is 0 Å². The normalized spacial score (nSPS) is 22.6. The van der Waals surface area contributed by atoms with E-state index in [9.17, 15) is 4.79 Å². The second-order valence-corrected chi connectivity index (χ2v) is 6.95. The number of nitrogens with zero attached hydrogens (tertiary/aromatic N) is 1. The van der Waals surface area contributed by atoms with Gasteiger partial charge in [0.05, 0.1) is 18.7 Å². The Labute approximate surface area is 134 Å². The molecular formula is C19H29NO2. The van der Waals surface area contributed by atoms with Crippen LogP contribution in [0.5, 0.6) is 5.75 Å². The Kier molecular flexibility index (Phi) is 5.63.